The summed E-state index contributed by atoms with van der Waals surface area (Å²) in [6.45, 7) is 0.628. The van der Waals surface area contributed by atoms with Crippen LogP contribution < -0.4 is 9.47 Å². The fourth-order valence-corrected chi connectivity index (χ4v) is 6.50. The van der Waals surface area contributed by atoms with Gasteiger partial charge in [0.2, 0.25) is 0 Å². The van der Waals surface area contributed by atoms with Crippen LogP contribution in [0.25, 0.3) is 11.1 Å². The molecule has 42 heavy (non-hydrogen) atoms. The van der Waals surface area contributed by atoms with Crippen LogP contribution in [0.3, 0.4) is 0 Å². The summed E-state index contributed by atoms with van der Waals surface area (Å²) in [7, 11) is 0. The Morgan fingerprint density at radius 2 is 1.19 bits per heavy atom. The van der Waals surface area contributed by atoms with Crippen LogP contribution >= 0.6 is 0 Å². The zero-order valence-corrected chi connectivity index (χ0v) is 22.9. The van der Waals surface area contributed by atoms with Gasteiger partial charge in [-0.1, -0.05) is 121 Å². The van der Waals surface area contributed by atoms with Gasteiger partial charge in [0.15, 0.2) is 23.0 Å². The highest BCUT2D eigenvalue weighted by molar-refractivity contribution is 5.92. The van der Waals surface area contributed by atoms with Crippen LogP contribution in [0.4, 0.5) is 0 Å². The van der Waals surface area contributed by atoms with Crippen molar-refractivity contribution in [3.8, 4) is 34.1 Å². The molecule has 0 unspecified atom stereocenters. The Hall–Kier alpha value is -5.41. The van der Waals surface area contributed by atoms with Crippen molar-refractivity contribution in [3.05, 3.63) is 179 Å². The van der Waals surface area contributed by atoms with Crippen LogP contribution in [0.15, 0.2) is 151 Å². The first-order valence-electron chi connectivity index (χ1n) is 14.2. The van der Waals surface area contributed by atoms with E-state index < -0.39 is 5.41 Å². The zero-order valence-electron chi connectivity index (χ0n) is 22.9. The first-order valence-corrected chi connectivity index (χ1v) is 14.2. The average Bonchev–Trinajstić information content (AvgIpc) is 3.37. The van der Waals surface area contributed by atoms with Crippen molar-refractivity contribution >= 4 is 6.21 Å². The zero-order chi connectivity index (χ0) is 27.9. The molecule has 1 aliphatic heterocycles. The summed E-state index contributed by atoms with van der Waals surface area (Å²) in [6.07, 6.45) is 1.90. The maximum atomic E-state index is 6.76. The van der Waals surface area contributed by atoms with Crippen LogP contribution in [-0.4, -0.2) is 6.21 Å². The SMILES string of the molecule is C(=NCc1ccccc1)c1ccc2c(c1)Oc1c(ccc3c1-c1ccccc1C3(c1ccccc1)c1ccccc1)O2. The summed E-state index contributed by atoms with van der Waals surface area (Å²) in [5.74, 6) is 2.86. The van der Waals surface area contributed by atoms with Gasteiger partial charge in [0.05, 0.1) is 12.0 Å². The predicted octanol–water partition coefficient (Wildman–Crippen LogP) is 9.57. The minimum Gasteiger partial charge on any atom is -0.449 e. The lowest BCUT2D eigenvalue weighted by atomic mass is 9.68. The Kier molecular flexibility index (Phi) is 5.75. The summed E-state index contributed by atoms with van der Waals surface area (Å²) in [6, 6.07) is 50.7. The van der Waals surface area contributed by atoms with Gasteiger partial charge >= 0.3 is 0 Å². The van der Waals surface area contributed by atoms with Crippen LogP contribution in [0.1, 0.15) is 33.4 Å². The van der Waals surface area contributed by atoms with Crippen molar-refractivity contribution in [2.24, 2.45) is 4.99 Å². The monoisotopic (exact) mass is 541 g/mol. The number of hydrogen-bond acceptors (Lipinski definition) is 3. The first-order chi connectivity index (χ1) is 20.8. The van der Waals surface area contributed by atoms with Crippen LogP contribution in [0.5, 0.6) is 23.0 Å². The van der Waals surface area contributed by atoms with Gasteiger partial charge in [-0.05, 0) is 63.2 Å². The number of nitrogens with zero attached hydrogens (tertiary/aromatic N) is 1. The molecule has 1 aliphatic carbocycles. The third kappa shape index (κ3) is 3.78. The quantitative estimate of drug-likeness (QED) is 0.203. The molecule has 0 bridgehead atoms. The maximum Gasteiger partial charge on any atom is 0.178 e. The molecular weight excluding hydrogens is 514 g/mol. The van der Waals surface area contributed by atoms with Gasteiger partial charge in [0, 0.05) is 11.8 Å². The fourth-order valence-electron chi connectivity index (χ4n) is 6.50. The second-order valence-corrected chi connectivity index (χ2v) is 10.7. The highest BCUT2D eigenvalue weighted by Gasteiger charge is 2.48. The van der Waals surface area contributed by atoms with Crippen molar-refractivity contribution < 1.29 is 9.47 Å². The van der Waals surface area contributed by atoms with E-state index in [-0.39, 0.29) is 0 Å². The van der Waals surface area contributed by atoms with Crippen LogP contribution in [-0.2, 0) is 12.0 Å². The van der Waals surface area contributed by atoms with Crippen molar-refractivity contribution in [2.45, 2.75) is 12.0 Å². The van der Waals surface area contributed by atoms with E-state index in [0.29, 0.717) is 18.0 Å². The summed E-state index contributed by atoms with van der Waals surface area (Å²) < 4.78 is 13.2. The van der Waals surface area contributed by atoms with Gasteiger partial charge in [-0.2, -0.15) is 0 Å². The van der Waals surface area contributed by atoms with Crippen molar-refractivity contribution in [2.75, 3.05) is 0 Å². The van der Waals surface area contributed by atoms with Crippen molar-refractivity contribution in [3.63, 3.8) is 0 Å². The third-order valence-corrected chi connectivity index (χ3v) is 8.30. The van der Waals surface area contributed by atoms with E-state index in [1.807, 2.05) is 42.6 Å². The minimum atomic E-state index is -0.487. The molecule has 200 valence electrons. The standard InChI is InChI=1S/C39H27NO2/c1-4-12-27(13-5-1)25-40-26-28-20-22-34-36(24-28)42-38-35(41-34)23-21-33-37(38)31-18-10-11-19-32(31)39(33,29-14-6-2-7-15-29)30-16-8-3-9-17-30/h1-24,26H,25H2. The summed E-state index contributed by atoms with van der Waals surface area (Å²) in [5.41, 5.74) is 8.75. The fraction of sp³-hybridized carbons (Fsp3) is 0.0513. The molecule has 0 fully saturated rings. The highest BCUT2D eigenvalue weighted by Crippen LogP contribution is 2.62. The summed E-state index contributed by atoms with van der Waals surface area (Å²) in [4.78, 5) is 4.66. The Morgan fingerprint density at radius 3 is 1.93 bits per heavy atom. The van der Waals surface area contributed by atoms with E-state index in [4.69, 9.17) is 9.47 Å². The molecule has 1 heterocycles. The number of rotatable bonds is 5. The molecule has 2 aliphatic rings. The molecule has 0 N–H and O–H groups in total. The third-order valence-electron chi connectivity index (χ3n) is 8.30. The molecule has 3 heteroatoms. The summed E-state index contributed by atoms with van der Waals surface area (Å²) >= 11 is 0. The number of hydrogen-bond donors (Lipinski definition) is 0. The van der Waals surface area contributed by atoms with Gasteiger partial charge in [0.25, 0.3) is 0 Å². The minimum absolute atomic E-state index is 0.487. The molecular formula is C39H27NO2. The topological polar surface area (TPSA) is 30.8 Å². The highest BCUT2D eigenvalue weighted by atomic mass is 16.6. The maximum absolute atomic E-state index is 6.76. The number of fused-ring (bicyclic) bond motifs is 6. The lowest BCUT2D eigenvalue weighted by Gasteiger charge is -2.34. The number of ether oxygens (including phenoxy) is 2. The summed E-state index contributed by atoms with van der Waals surface area (Å²) in [5, 5.41) is 0. The number of aliphatic imine (C=N–C) groups is 1. The molecule has 0 saturated heterocycles. The predicted molar refractivity (Wildman–Crippen MR) is 168 cm³/mol. The second-order valence-electron chi connectivity index (χ2n) is 10.7. The van der Waals surface area contributed by atoms with Gasteiger partial charge in [-0.3, -0.25) is 4.99 Å². The smallest absolute Gasteiger partial charge is 0.178 e. The van der Waals surface area contributed by atoms with E-state index in [1.165, 1.54) is 27.8 Å². The largest absolute Gasteiger partial charge is 0.449 e. The molecule has 0 aromatic heterocycles. The molecule has 6 aromatic carbocycles. The van der Waals surface area contributed by atoms with Crippen LogP contribution in [0, 0.1) is 0 Å². The van der Waals surface area contributed by atoms with Gasteiger partial charge in [0.1, 0.15) is 0 Å². The Balaban J connectivity index is 1.26. The van der Waals surface area contributed by atoms with Gasteiger partial charge in [-0.25, -0.2) is 0 Å². The lowest BCUT2D eigenvalue weighted by Crippen LogP contribution is -2.28. The molecule has 0 amide bonds. The van der Waals surface area contributed by atoms with Crippen molar-refractivity contribution in [1.82, 2.24) is 0 Å². The second kappa shape index (κ2) is 9.90. The van der Waals surface area contributed by atoms with E-state index >= 15 is 0 Å². The van der Waals surface area contributed by atoms with Crippen LogP contribution in [0.2, 0.25) is 0 Å². The normalized spacial score (nSPS) is 13.8. The Labute approximate surface area is 245 Å². The Bertz CT molecular complexity index is 1910. The first kappa shape index (κ1) is 24.4. The molecule has 8 rings (SSSR count). The number of benzene rings is 6. The molecule has 0 saturated carbocycles. The van der Waals surface area contributed by atoms with Gasteiger partial charge < -0.3 is 9.47 Å². The molecule has 3 nitrogen and oxygen atoms in total. The molecule has 0 atom stereocenters. The Morgan fingerprint density at radius 1 is 0.548 bits per heavy atom. The van der Waals surface area contributed by atoms with E-state index in [1.54, 1.807) is 0 Å². The molecule has 0 spiro atoms. The van der Waals surface area contributed by atoms with E-state index in [0.717, 1.165) is 28.2 Å². The van der Waals surface area contributed by atoms with Gasteiger partial charge in [-0.15, -0.1) is 0 Å². The lowest BCUT2D eigenvalue weighted by molar-refractivity contribution is 0.360. The molecule has 0 radical (unpaired) electrons. The van der Waals surface area contributed by atoms with E-state index in [9.17, 15) is 0 Å². The average molecular weight is 542 g/mol. The van der Waals surface area contributed by atoms with Crippen molar-refractivity contribution in [1.29, 1.82) is 0 Å². The van der Waals surface area contributed by atoms with E-state index in [2.05, 4.69) is 114 Å². The molecule has 6 aromatic rings.